The van der Waals surface area contributed by atoms with Gasteiger partial charge < -0.3 is 14.2 Å². The largest absolute Gasteiger partial charge is 0.493 e. The molecule has 1 aromatic heterocycles. The van der Waals surface area contributed by atoms with Crippen LogP contribution < -0.4 is 14.2 Å². The van der Waals surface area contributed by atoms with E-state index in [0.29, 0.717) is 28.2 Å². The number of nitrogens with zero attached hydrogens (tertiary/aromatic N) is 3. The van der Waals surface area contributed by atoms with E-state index in [-0.39, 0.29) is 11.2 Å². The summed E-state index contributed by atoms with van der Waals surface area (Å²) in [6, 6.07) is 3.65. The third-order valence-corrected chi connectivity index (χ3v) is 4.73. The van der Waals surface area contributed by atoms with Crippen molar-refractivity contribution in [2.24, 2.45) is 0 Å². The summed E-state index contributed by atoms with van der Waals surface area (Å²) >= 11 is 1.38. The van der Waals surface area contributed by atoms with Gasteiger partial charge in [0.1, 0.15) is 11.1 Å². The van der Waals surface area contributed by atoms with Gasteiger partial charge in [0.15, 0.2) is 16.7 Å². The average molecular weight is 347 g/mol. The number of benzene rings is 1. The van der Waals surface area contributed by atoms with Gasteiger partial charge in [-0.1, -0.05) is 23.9 Å². The van der Waals surface area contributed by atoms with Crippen LogP contribution in [0.15, 0.2) is 23.4 Å². The molecule has 0 N–H and O–H groups in total. The Hall–Kier alpha value is -2.48. The minimum atomic E-state index is -0.326. The summed E-state index contributed by atoms with van der Waals surface area (Å²) < 4.78 is 17.5. The van der Waals surface area contributed by atoms with E-state index in [1.807, 2.05) is 24.3 Å². The van der Waals surface area contributed by atoms with Crippen molar-refractivity contribution in [1.82, 2.24) is 14.8 Å². The molecule has 8 heteroatoms. The number of methoxy groups -OCH3 is 3. The van der Waals surface area contributed by atoms with Crippen molar-refractivity contribution in [2.45, 2.75) is 17.3 Å². The highest BCUT2D eigenvalue weighted by Gasteiger charge is 2.32. The number of hydrogen-bond donors (Lipinski definition) is 0. The number of rotatable bonds is 5. The lowest BCUT2D eigenvalue weighted by molar-refractivity contribution is 0.0919. The van der Waals surface area contributed by atoms with Crippen LogP contribution >= 0.6 is 11.8 Å². The highest BCUT2D eigenvalue weighted by Crippen LogP contribution is 2.39. The monoisotopic (exact) mass is 347 g/mol. The molecular formula is C16H17N3O4S. The number of thioether (sulfide) groups is 1. The molecule has 1 aliphatic rings. The van der Waals surface area contributed by atoms with Crippen LogP contribution in [-0.2, 0) is 0 Å². The van der Waals surface area contributed by atoms with Crippen LogP contribution in [0.25, 0.3) is 6.08 Å². The van der Waals surface area contributed by atoms with Crippen molar-refractivity contribution >= 4 is 23.7 Å². The van der Waals surface area contributed by atoms with Gasteiger partial charge in [0.05, 0.1) is 21.3 Å². The van der Waals surface area contributed by atoms with E-state index in [1.165, 1.54) is 16.3 Å². The second-order valence-corrected chi connectivity index (χ2v) is 6.17. The van der Waals surface area contributed by atoms with Crippen LogP contribution in [-0.4, -0.2) is 47.3 Å². The zero-order valence-electron chi connectivity index (χ0n) is 13.8. The molecule has 0 spiro atoms. The summed E-state index contributed by atoms with van der Waals surface area (Å²) in [6.07, 6.45) is 3.69. The SMILES string of the molecule is COc1cc(/C=C\C2Sc3nnc(C)n3C2=O)cc(OC)c1OC. The van der Waals surface area contributed by atoms with Crippen molar-refractivity contribution in [2.75, 3.05) is 21.3 Å². The Morgan fingerprint density at radius 2 is 1.79 bits per heavy atom. The minimum Gasteiger partial charge on any atom is -0.493 e. The maximum absolute atomic E-state index is 12.4. The van der Waals surface area contributed by atoms with Crippen LogP contribution in [0, 0.1) is 6.92 Å². The highest BCUT2D eigenvalue weighted by atomic mass is 32.2. The molecule has 24 heavy (non-hydrogen) atoms. The van der Waals surface area contributed by atoms with Gasteiger partial charge >= 0.3 is 0 Å². The second-order valence-electron chi connectivity index (χ2n) is 5.06. The Bertz CT molecular complexity index is 791. The first-order valence-corrected chi connectivity index (χ1v) is 8.08. The maximum atomic E-state index is 12.4. The van der Waals surface area contributed by atoms with E-state index >= 15 is 0 Å². The third-order valence-electron chi connectivity index (χ3n) is 3.64. The van der Waals surface area contributed by atoms with Gasteiger partial charge in [0, 0.05) is 0 Å². The summed E-state index contributed by atoms with van der Waals surface area (Å²) in [5.74, 6) is 2.22. The molecule has 2 aromatic rings. The molecule has 0 aliphatic carbocycles. The van der Waals surface area contributed by atoms with E-state index in [9.17, 15) is 4.79 Å². The number of carbonyl (C=O) groups excluding carboxylic acids is 1. The molecule has 1 unspecified atom stereocenters. The molecule has 0 bridgehead atoms. The number of hydrogen-bond acceptors (Lipinski definition) is 7. The van der Waals surface area contributed by atoms with Gasteiger partial charge in [-0.2, -0.15) is 0 Å². The van der Waals surface area contributed by atoms with E-state index < -0.39 is 0 Å². The average Bonchev–Trinajstić information content (AvgIpc) is 3.12. The first-order valence-electron chi connectivity index (χ1n) is 7.20. The third kappa shape index (κ3) is 2.73. The lowest BCUT2D eigenvalue weighted by atomic mass is 10.1. The predicted octanol–water partition coefficient (Wildman–Crippen LogP) is 2.44. The van der Waals surface area contributed by atoms with Gasteiger partial charge in [-0.3, -0.25) is 4.79 Å². The van der Waals surface area contributed by atoms with Crippen molar-refractivity contribution in [3.63, 3.8) is 0 Å². The zero-order valence-corrected chi connectivity index (χ0v) is 14.6. The first-order chi connectivity index (χ1) is 11.6. The first kappa shape index (κ1) is 16.4. The van der Waals surface area contributed by atoms with Crippen LogP contribution in [0.2, 0.25) is 0 Å². The summed E-state index contributed by atoms with van der Waals surface area (Å²) in [4.78, 5) is 12.4. The lowest BCUT2D eigenvalue weighted by Gasteiger charge is -2.13. The van der Waals surface area contributed by atoms with Gasteiger partial charge in [0.2, 0.25) is 5.75 Å². The molecule has 2 heterocycles. The fourth-order valence-electron chi connectivity index (χ4n) is 2.48. The number of carbonyl (C=O) groups is 1. The number of fused-ring (bicyclic) bond motifs is 1. The minimum absolute atomic E-state index is 0.0406. The molecule has 0 radical (unpaired) electrons. The molecule has 0 fully saturated rings. The predicted molar refractivity (Wildman–Crippen MR) is 90.2 cm³/mol. The normalized spacial score (nSPS) is 16.5. The van der Waals surface area contributed by atoms with Gasteiger partial charge in [-0.15, -0.1) is 10.2 Å². The number of aromatic nitrogens is 3. The van der Waals surface area contributed by atoms with Crippen LogP contribution in [0.1, 0.15) is 16.2 Å². The molecule has 1 aromatic carbocycles. The summed E-state index contributed by atoms with van der Waals surface area (Å²) in [6.45, 7) is 1.76. The fraction of sp³-hybridized carbons (Fsp3) is 0.312. The quantitative estimate of drug-likeness (QED) is 0.822. The standard InChI is InChI=1S/C16H17N3O4S/c1-9-17-18-16-19(9)15(20)13(24-16)6-5-10-7-11(21-2)14(23-4)12(8-10)22-3/h5-8,13H,1-4H3/b6-5-. The molecule has 3 rings (SSSR count). The summed E-state index contributed by atoms with van der Waals surface area (Å²) in [5.41, 5.74) is 0.845. The van der Waals surface area contributed by atoms with Gasteiger partial charge in [-0.05, 0) is 24.6 Å². The summed E-state index contributed by atoms with van der Waals surface area (Å²) in [7, 11) is 4.69. The second kappa shape index (κ2) is 6.56. The Morgan fingerprint density at radius 3 is 2.33 bits per heavy atom. The number of aryl methyl sites for hydroxylation is 1. The van der Waals surface area contributed by atoms with Gasteiger partial charge in [0.25, 0.3) is 5.91 Å². The van der Waals surface area contributed by atoms with Crippen LogP contribution in [0.5, 0.6) is 17.2 Å². The van der Waals surface area contributed by atoms with Crippen molar-refractivity contribution in [1.29, 1.82) is 0 Å². The molecule has 0 amide bonds. The topological polar surface area (TPSA) is 75.5 Å². The Balaban J connectivity index is 1.86. The van der Waals surface area contributed by atoms with E-state index in [4.69, 9.17) is 14.2 Å². The molecule has 1 atom stereocenters. The molecule has 1 aliphatic heterocycles. The lowest BCUT2D eigenvalue weighted by Crippen LogP contribution is -2.16. The molecule has 0 saturated heterocycles. The van der Waals surface area contributed by atoms with Crippen molar-refractivity contribution < 1.29 is 19.0 Å². The van der Waals surface area contributed by atoms with E-state index in [0.717, 1.165) is 5.56 Å². The Morgan fingerprint density at radius 1 is 1.12 bits per heavy atom. The smallest absolute Gasteiger partial charge is 0.251 e. The number of ether oxygens (including phenoxy) is 3. The molecule has 0 saturated carbocycles. The summed E-state index contributed by atoms with van der Waals surface area (Å²) in [5, 5.41) is 8.20. The highest BCUT2D eigenvalue weighted by molar-refractivity contribution is 8.01. The zero-order chi connectivity index (χ0) is 17.3. The van der Waals surface area contributed by atoms with Gasteiger partial charge in [-0.25, -0.2) is 4.57 Å². The molecule has 7 nitrogen and oxygen atoms in total. The van der Waals surface area contributed by atoms with Crippen molar-refractivity contribution in [3.05, 3.63) is 29.6 Å². The van der Waals surface area contributed by atoms with E-state index in [1.54, 1.807) is 28.3 Å². The Labute approximate surface area is 143 Å². The fourth-order valence-corrected chi connectivity index (χ4v) is 3.49. The maximum Gasteiger partial charge on any atom is 0.251 e. The van der Waals surface area contributed by atoms with Crippen LogP contribution in [0.3, 0.4) is 0 Å². The molecule has 126 valence electrons. The van der Waals surface area contributed by atoms with Crippen LogP contribution in [0.4, 0.5) is 0 Å². The van der Waals surface area contributed by atoms with E-state index in [2.05, 4.69) is 10.2 Å². The Kier molecular flexibility index (Phi) is 4.48. The van der Waals surface area contributed by atoms with Crippen molar-refractivity contribution in [3.8, 4) is 17.2 Å². The molecular weight excluding hydrogens is 330 g/mol.